The van der Waals surface area contributed by atoms with Gasteiger partial charge in [0.1, 0.15) is 24.4 Å². The van der Waals surface area contributed by atoms with Crippen LogP contribution in [0.1, 0.15) is 120 Å². The Morgan fingerprint density at radius 1 is 0.955 bits per heavy atom. The molecule has 0 spiro atoms. The minimum atomic E-state index is -1.26. The lowest BCUT2D eigenvalue weighted by atomic mass is 9.43. The van der Waals surface area contributed by atoms with Crippen LogP contribution in [0.3, 0.4) is 0 Å². The summed E-state index contributed by atoms with van der Waals surface area (Å²) in [6, 6.07) is 0. The van der Waals surface area contributed by atoms with Crippen molar-refractivity contribution in [2.75, 3.05) is 13.2 Å². The van der Waals surface area contributed by atoms with Gasteiger partial charge >= 0.3 is 5.97 Å². The number of carbonyl (C=O) groups excluding carboxylic acids is 1. The van der Waals surface area contributed by atoms with Gasteiger partial charge in [0.05, 0.1) is 13.2 Å². The molecule has 0 aromatic rings. The van der Waals surface area contributed by atoms with Gasteiger partial charge in [-0.3, -0.25) is 4.79 Å². The maximum absolute atomic E-state index is 12.0. The van der Waals surface area contributed by atoms with Crippen LogP contribution in [0.25, 0.3) is 0 Å². The zero-order chi connectivity index (χ0) is 32.2. The van der Waals surface area contributed by atoms with E-state index in [4.69, 9.17) is 14.2 Å². The summed E-state index contributed by atoms with van der Waals surface area (Å²) >= 11 is 0. The standard InChI is InChI=1S/C37H60O7/c1-22(2)10-9-11-24(20-42-33-32(41)31(40)28(39)21-43-33)25-14-18-37(8)27-12-13-29-34(4,5)30(44-23(3)38)16-17-35(29,6)26(27)15-19-36(25,37)7/h10,24-25,28-33,39-41H,9,11-21H2,1-8H3/t24-,25+,28+,29-,30?,31-,32+,33+,35+,36+,37-/m0/s1. The first-order chi connectivity index (χ1) is 20.6. The highest BCUT2D eigenvalue weighted by Crippen LogP contribution is 2.72. The van der Waals surface area contributed by atoms with E-state index >= 15 is 0 Å². The number of aliphatic hydroxyl groups excluding tert-OH is 3. The first-order valence-corrected chi connectivity index (χ1v) is 17.4. The third-order valence-corrected chi connectivity index (χ3v) is 13.7. The van der Waals surface area contributed by atoms with Gasteiger partial charge in [-0.1, -0.05) is 57.4 Å². The van der Waals surface area contributed by atoms with Crippen molar-refractivity contribution in [3.63, 3.8) is 0 Å². The summed E-state index contributed by atoms with van der Waals surface area (Å²) in [5.74, 6) is 1.11. The number of esters is 1. The van der Waals surface area contributed by atoms with Gasteiger partial charge in [-0.05, 0) is 112 Å². The Bertz CT molecular complexity index is 1140. The van der Waals surface area contributed by atoms with E-state index in [-0.39, 0.29) is 40.3 Å². The maximum Gasteiger partial charge on any atom is 0.302 e. The topological polar surface area (TPSA) is 105 Å². The van der Waals surface area contributed by atoms with Crippen LogP contribution in [0, 0.1) is 39.4 Å². The molecule has 3 fully saturated rings. The molecule has 0 bridgehead atoms. The number of ether oxygens (including phenoxy) is 3. The fraction of sp³-hybridized carbons (Fsp3) is 0.865. The molecule has 11 atom stereocenters. The summed E-state index contributed by atoms with van der Waals surface area (Å²) in [4.78, 5) is 12.0. The highest BCUT2D eigenvalue weighted by molar-refractivity contribution is 5.66. The SMILES string of the molecule is CC(=O)OC1CC[C@]2(C)C3=C(CC[C@H]2C1(C)C)[C@]1(C)CC[C@H]([C@@H](CCC=C(C)C)CO[C@@H]2OC[C@@H](O)[C@H](O)[C@H]2O)[C@@]1(C)CC3. The van der Waals surface area contributed by atoms with E-state index in [9.17, 15) is 20.1 Å². The first kappa shape index (κ1) is 34.1. The Labute approximate surface area is 265 Å². The van der Waals surface area contributed by atoms with Crippen LogP contribution in [0.2, 0.25) is 0 Å². The molecule has 1 heterocycles. The average molecular weight is 617 g/mol. The second kappa shape index (κ2) is 12.4. The average Bonchev–Trinajstić information content (AvgIpc) is 3.22. The molecule has 44 heavy (non-hydrogen) atoms. The Balaban J connectivity index is 1.40. The predicted molar refractivity (Wildman–Crippen MR) is 170 cm³/mol. The highest BCUT2D eigenvalue weighted by Gasteiger charge is 2.64. The van der Waals surface area contributed by atoms with Crippen molar-refractivity contribution in [1.82, 2.24) is 0 Å². The lowest BCUT2D eigenvalue weighted by molar-refractivity contribution is -0.274. The third-order valence-electron chi connectivity index (χ3n) is 13.7. The van der Waals surface area contributed by atoms with Crippen molar-refractivity contribution in [3.05, 3.63) is 22.8 Å². The number of carbonyl (C=O) groups is 1. The summed E-state index contributed by atoms with van der Waals surface area (Å²) in [5.41, 5.74) is 5.11. The molecule has 0 aromatic carbocycles. The molecule has 1 unspecified atom stereocenters. The van der Waals surface area contributed by atoms with Crippen LogP contribution in [0.5, 0.6) is 0 Å². The minimum Gasteiger partial charge on any atom is -0.462 e. The van der Waals surface area contributed by atoms with E-state index in [1.165, 1.54) is 12.0 Å². The van der Waals surface area contributed by atoms with Gasteiger partial charge in [0, 0.05) is 12.3 Å². The van der Waals surface area contributed by atoms with Crippen LogP contribution < -0.4 is 0 Å². The van der Waals surface area contributed by atoms with Gasteiger partial charge in [-0.25, -0.2) is 0 Å². The van der Waals surface area contributed by atoms with E-state index in [0.717, 1.165) is 57.8 Å². The molecule has 2 saturated carbocycles. The van der Waals surface area contributed by atoms with Gasteiger partial charge in [0.25, 0.3) is 0 Å². The second-order valence-corrected chi connectivity index (χ2v) is 16.5. The van der Waals surface area contributed by atoms with Crippen molar-refractivity contribution in [1.29, 1.82) is 0 Å². The van der Waals surface area contributed by atoms with Crippen molar-refractivity contribution in [2.24, 2.45) is 39.4 Å². The van der Waals surface area contributed by atoms with E-state index in [0.29, 0.717) is 24.4 Å². The van der Waals surface area contributed by atoms with Crippen LogP contribution in [-0.2, 0) is 19.0 Å². The second-order valence-electron chi connectivity index (χ2n) is 16.5. The maximum atomic E-state index is 12.0. The summed E-state index contributed by atoms with van der Waals surface area (Å²) in [5, 5.41) is 30.7. The molecule has 7 heteroatoms. The fourth-order valence-electron chi connectivity index (χ4n) is 11.0. The van der Waals surface area contributed by atoms with Gasteiger partial charge < -0.3 is 29.5 Å². The van der Waals surface area contributed by atoms with Crippen LogP contribution in [0.15, 0.2) is 22.8 Å². The molecule has 250 valence electrons. The molecular formula is C37H60O7. The van der Waals surface area contributed by atoms with Crippen LogP contribution in [0.4, 0.5) is 0 Å². The quantitative estimate of drug-likeness (QED) is 0.212. The molecule has 1 aliphatic heterocycles. The molecule has 5 rings (SSSR count). The zero-order valence-electron chi connectivity index (χ0n) is 28.7. The minimum absolute atomic E-state index is 0.0156. The Morgan fingerprint density at radius 3 is 2.36 bits per heavy atom. The van der Waals surface area contributed by atoms with E-state index in [1.807, 2.05) is 0 Å². The zero-order valence-corrected chi connectivity index (χ0v) is 28.7. The predicted octanol–water partition coefficient (Wildman–Crippen LogP) is 6.49. The van der Waals surface area contributed by atoms with Gasteiger partial charge in [0.2, 0.25) is 0 Å². The third kappa shape index (κ3) is 5.65. The molecule has 0 amide bonds. The molecule has 1 saturated heterocycles. The van der Waals surface area contributed by atoms with Crippen molar-refractivity contribution in [3.8, 4) is 0 Å². The van der Waals surface area contributed by atoms with E-state index < -0.39 is 24.6 Å². The fourth-order valence-corrected chi connectivity index (χ4v) is 11.0. The number of allylic oxidation sites excluding steroid dienone is 4. The van der Waals surface area contributed by atoms with Crippen molar-refractivity contribution >= 4 is 5.97 Å². The Hall–Kier alpha value is -1.25. The Kier molecular flexibility index (Phi) is 9.61. The molecule has 4 aliphatic carbocycles. The lowest BCUT2D eigenvalue weighted by Crippen LogP contribution is -2.56. The molecule has 7 nitrogen and oxygen atoms in total. The van der Waals surface area contributed by atoms with Crippen molar-refractivity contribution in [2.45, 2.75) is 150 Å². The summed E-state index contributed by atoms with van der Waals surface area (Å²) in [6.07, 6.45) is 8.65. The smallest absolute Gasteiger partial charge is 0.302 e. The Morgan fingerprint density at radius 2 is 1.68 bits per heavy atom. The van der Waals surface area contributed by atoms with Crippen LogP contribution in [-0.4, -0.2) is 65.2 Å². The van der Waals surface area contributed by atoms with E-state index in [1.54, 1.807) is 18.1 Å². The summed E-state index contributed by atoms with van der Waals surface area (Å²) < 4.78 is 17.8. The van der Waals surface area contributed by atoms with E-state index in [2.05, 4.69) is 54.5 Å². The molecule has 0 radical (unpaired) electrons. The molecule has 0 aromatic heterocycles. The number of hydrogen-bond donors (Lipinski definition) is 3. The summed E-state index contributed by atoms with van der Waals surface area (Å²) in [7, 11) is 0. The molecule has 3 N–H and O–H groups in total. The summed E-state index contributed by atoms with van der Waals surface area (Å²) in [6.45, 7) is 18.5. The van der Waals surface area contributed by atoms with Gasteiger partial charge in [-0.15, -0.1) is 0 Å². The first-order valence-electron chi connectivity index (χ1n) is 17.4. The number of aliphatic hydroxyl groups is 3. The van der Waals surface area contributed by atoms with Gasteiger partial charge in [0.15, 0.2) is 6.29 Å². The number of hydrogen-bond acceptors (Lipinski definition) is 7. The normalized spacial score (nSPS) is 43.8. The van der Waals surface area contributed by atoms with Crippen molar-refractivity contribution < 1.29 is 34.3 Å². The number of rotatable bonds is 8. The highest BCUT2D eigenvalue weighted by atomic mass is 16.7. The van der Waals surface area contributed by atoms with Crippen LogP contribution >= 0.6 is 0 Å². The lowest BCUT2D eigenvalue weighted by Gasteiger charge is -2.62. The number of fused-ring (bicyclic) bond motifs is 4. The molecular weight excluding hydrogens is 556 g/mol. The van der Waals surface area contributed by atoms with Gasteiger partial charge in [-0.2, -0.15) is 0 Å². The molecule has 5 aliphatic rings. The largest absolute Gasteiger partial charge is 0.462 e. The monoisotopic (exact) mass is 616 g/mol.